The number of nitrogens with zero attached hydrogens (tertiary/aromatic N) is 2. The van der Waals surface area contributed by atoms with Crippen molar-refractivity contribution in [2.75, 3.05) is 6.54 Å². The number of carbonyl (C=O) groups is 1. The largest absolute Gasteiger partial charge is 0.349 e. The van der Waals surface area contributed by atoms with Crippen LogP contribution < -0.4 is 10.6 Å². The van der Waals surface area contributed by atoms with Crippen molar-refractivity contribution in [2.45, 2.75) is 44.7 Å². The first-order chi connectivity index (χ1) is 8.34. The summed E-state index contributed by atoms with van der Waals surface area (Å²) in [5.41, 5.74) is 0. The number of nitrogens with one attached hydrogen (secondary N) is 3. The minimum atomic E-state index is 0.0776. The smallest absolute Gasteiger partial charge is 0.220 e. The van der Waals surface area contributed by atoms with Crippen molar-refractivity contribution in [3.8, 4) is 0 Å². The van der Waals surface area contributed by atoms with Gasteiger partial charge < -0.3 is 10.6 Å². The van der Waals surface area contributed by atoms with Gasteiger partial charge in [0, 0.05) is 12.5 Å². The second-order valence-electron chi connectivity index (χ2n) is 4.39. The SMILES string of the molecule is O=C(CCC1CCCCN1)NCc1ncn[nH]1. The van der Waals surface area contributed by atoms with Gasteiger partial charge in [-0.15, -0.1) is 0 Å². The third kappa shape index (κ3) is 4.14. The van der Waals surface area contributed by atoms with Crippen LogP contribution >= 0.6 is 0 Å². The monoisotopic (exact) mass is 237 g/mol. The maximum atomic E-state index is 11.6. The molecular formula is C11H19N5O. The molecule has 0 bridgehead atoms. The quantitative estimate of drug-likeness (QED) is 0.690. The third-order valence-corrected chi connectivity index (χ3v) is 3.05. The Morgan fingerprint density at radius 3 is 3.18 bits per heavy atom. The molecule has 0 spiro atoms. The number of carbonyl (C=O) groups excluding carboxylic acids is 1. The predicted octanol–water partition coefficient (Wildman–Crippen LogP) is 0.343. The van der Waals surface area contributed by atoms with Gasteiger partial charge in [0.15, 0.2) is 0 Å². The van der Waals surface area contributed by atoms with Gasteiger partial charge in [-0.3, -0.25) is 9.89 Å². The van der Waals surface area contributed by atoms with Crippen LogP contribution in [0.4, 0.5) is 0 Å². The van der Waals surface area contributed by atoms with E-state index in [2.05, 4.69) is 25.8 Å². The van der Waals surface area contributed by atoms with Crippen molar-refractivity contribution < 1.29 is 4.79 Å². The number of hydrogen-bond donors (Lipinski definition) is 3. The van der Waals surface area contributed by atoms with Gasteiger partial charge in [0.1, 0.15) is 12.2 Å². The molecule has 0 radical (unpaired) electrons. The molecule has 1 saturated heterocycles. The van der Waals surface area contributed by atoms with Gasteiger partial charge in [0.05, 0.1) is 6.54 Å². The molecule has 1 atom stereocenters. The molecule has 0 aliphatic carbocycles. The van der Waals surface area contributed by atoms with E-state index in [1.165, 1.54) is 25.6 Å². The molecule has 1 fully saturated rings. The minimum Gasteiger partial charge on any atom is -0.349 e. The summed E-state index contributed by atoms with van der Waals surface area (Å²) in [6, 6.07) is 0.514. The summed E-state index contributed by atoms with van der Waals surface area (Å²) >= 11 is 0. The fourth-order valence-corrected chi connectivity index (χ4v) is 2.06. The zero-order valence-electron chi connectivity index (χ0n) is 9.91. The molecule has 1 unspecified atom stereocenters. The van der Waals surface area contributed by atoms with Gasteiger partial charge >= 0.3 is 0 Å². The molecule has 3 N–H and O–H groups in total. The van der Waals surface area contributed by atoms with Crippen LogP contribution in [0.25, 0.3) is 0 Å². The molecule has 1 aliphatic rings. The van der Waals surface area contributed by atoms with Crippen molar-refractivity contribution in [2.24, 2.45) is 0 Å². The van der Waals surface area contributed by atoms with Crippen LogP contribution in [-0.2, 0) is 11.3 Å². The molecule has 1 aromatic heterocycles. The molecule has 17 heavy (non-hydrogen) atoms. The molecule has 1 aromatic rings. The van der Waals surface area contributed by atoms with Crippen molar-refractivity contribution in [1.82, 2.24) is 25.8 Å². The summed E-state index contributed by atoms with van der Waals surface area (Å²) in [6.07, 6.45) is 6.66. The Labute approximate surface area is 101 Å². The molecule has 1 aliphatic heterocycles. The van der Waals surface area contributed by atoms with Gasteiger partial charge in [-0.2, -0.15) is 5.10 Å². The van der Waals surface area contributed by atoms with E-state index in [0.29, 0.717) is 24.8 Å². The lowest BCUT2D eigenvalue weighted by atomic mass is 10.0. The van der Waals surface area contributed by atoms with Crippen LogP contribution in [0.15, 0.2) is 6.33 Å². The molecule has 2 heterocycles. The Morgan fingerprint density at radius 1 is 1.53 bits per heavy atom. The van der Waals surface area contributed by atoms with Crippen LogP contribution in [-0.4, -0.2) is 33.7 Å². The Bertz CT molecular complexity index is 332. The van der Waals surface area contributed by atoms with Crippen LogP contribution in [0.5, 0.6) is 0 Å². The highest BCUT2D eigenvalue weighted by Crippen LogP contribution is 2.11. The van der Waals surface area contributed by atoms with Crippen molar-refractivity contribution in [1.29, 1.82) is 0 Å². The maximum Gasteiger partial charge on any atom is 0.220 e. The first kappa shape index (κ1) is 12.0. The molecule has 2 rings (SSSR count). The summed E-state index contributed by atoms with van der Waals surface area (Å²) in [4.78, 5) is 15.5. The second kappa shape index (κ2) is 6.34. The lowest BCUT2D eigenvalue weighted by molar-refractivity contribution is -0.121. The van der Waals surface area contributed by atoms with Crippen LogP contribution in [0.1, 0.15) is 37.9 Å². The van der Waals surface area contributed by atoms with Gasteiger partial charge in [-0.05, 0) is 25.8 Å². The second-order valence-corrected chi connectivity index (χ2v) is 4.39. The van der Waals surface area contributed by atoms with Crippen molar-refractivity contribution >= 4 is 5.91 Å². The van der Waals surface area contributed by atoms with E-state index in [9.17, 15) is 4.79 Å². The Morgan fingerprint density at radius 2 is 2.47 bits per heavy atom. The fourth-order valence-electron chi connectivity index (χ4n) is 2.06. The third-order valence-electron chi connectivity index (χ3n) is 3.05. The van der Waals surface area contributed by atoms with E-state index >= 15 is 0 Å². The standard InChI is InChI=1S/C11H19N5O/c17-11(13-7-10-14-8-15-16-10)5-4-9-3-1-2-6-12-9/h8-9,12H,1-7H2,(H,13,17)(H,14,15,16). The van der Waals surface area contributed by atoms with Crippen LogP contribution in [0, 0.1) is 0 Å². The zero-order chi connectivity index (χ0) is 11.9. The van der Waals surface area contributed by atoms with E-state index in [1.807, 2.05) is 0 Å². The van der Waals surface area contributed by atoms with E-state index in [4.69, 9.17) is 0 Å². The maximum absolute atomic E-state index is 11.6. The topological polar surface area (TPSA) is 82.7 Å². The molecule has 0 saturated carbocycles. The number of aromatic nitrogens is 3. The molecule has 94 valence electrons. The van der Waals surface area contributed by atoms with E-state index < -0.39 is 0 Å². The number of aromatic amines is 1. The number of H-pyrrole nitrogens is 1. The fraction of sp³-hybridized carbons (Fsp3) is 0.727. The average Bonchev–Trinajstić information content (AvgIpc) is 2.88. The van der Waals surface area contributed by atoms with E-state index in [0.717, 1.165) is 13.0 Å². The van der Waals surface area contributed by atoms with Gasteiger partial charge in [-0.1, -0.05) is 6.42 Å². The number of piperidine rings is 1. The molecular weight excluding hydrogens is 218 g/mol. The number of hydrogen-bond acceptors (Lipinski definition) is 4. The summed E-state index contributed by atoms with van der Waals surface area (Å²) in [6.45, 7) is 1.52. The normalized spacial score (nSPS) is 20.1. The highest BCUT2D eigenvalue weighted by molar-refractivity contribution is 5.75. The first-order valence-electron chi connectivity index (χ1n) is 6.19. The lowest BCUT2D eigenvalue weighted by Crippen LogP contribution is -2.35. The summed E-state index contributed by atoms with van der Waals surface area (Å²) in [7, 11) is 0. The summed E-state index contributed by atoms with van der Waals surface area (Å²) in [5.74, 6) is 0.767. The number of amides is 1. The molecule has 6 heteroatoms. The lowest BCUT2D eigenvalue weighted by Gasteiger charge is -2.22. The molecule has 6 nitrogen and oxygen atoms in total. The average molecular weight is 237 g/mol. The van der Waals surface area contributed by atoms with Gasteiger partial charge in [0.2, 0.25) is 5.91 Å². The zero-order valence-corrected chi connectivity index (χ0v) is 9.91. The molecule has 1 amide bonds. The van der Waals surface area contributed by atoms with Gasteiger partial charge in [-0.25, -0.2) is 4.98 Å². The van der Waals surface area contributed by atoms with E-state index in [1.54, 1.807) is 0 Å². The predicted molar refractivity (Wildman–Crippen MR) is 63.1 cm³/mol. The van der Waals surface area contributed by atoms with Crippen LogP contribution in [0.3, 0.4) is 0 Å². The Balaban J connectivity index is 1.60. The number of rotatable bonds is 5. The first-order valence-corrected chi connectivity index (χ1v) is 6.19. The van der Waals surface area contributed by atoms with Crippen LogP contribution in [0.2, 0.25) is 0 Å². The van der Waals surface area contributed by atoms with Crippen molar-refractivity contribution in [3.05, 3.63) is 12.2 Å². The Kier molecular flexibility index (Phi) is 4.49. The summed E-state index contributed by atoms with van der Waals surface area (Å²) < 4.78 is 0. The van der Waals surface area contributed by atoms with Gasteiger partial charge in [0.25, 0.3) is 0 Å². The summed E-state index contributed by atoms with van der Waals surface area (Å²) in [5, 5.41) is 12.7. The van der Waals surface area contributed by atoms with E-state index in [-0.39, 0.29) is 5.91 Å². The molecule has 0 aromatic carbocycles. The highest BCUT2D eigenvalue weighted by atomic mass is 16.1. The highest BCUT2D eigenvalue weighted by Gasteiger charge is 2.13. The Hall–Kier alpha value is -1.43. The van der Waals surface area contributed by atoms with Crippen molar-refractivity contribution in [3.63, 3.8) is 0 Å². The minimum absolute atomic E-state index is 0.0776.